The number of nitrogens with two attached hydrogens (primary N) is 1. The Balaban J connectivity index is 2.73. The van der Waals surface area contributed by atoms with Crippen LogP contribution in [0.1, 0.15) is 19.8 Å². The van der Waals surface area contributed by atoms with Crippen LogP contribution in [-0.4, -0.2) is 22.4 Å². The summed E-state index contributed by atoms with van der Waals surface area (Å²) in [5, 5.41) is 18.9. The minimum absolute atomic E-state index is 0.0308. The van der Waals surface area contributed by atoms with E-state index in [1.165, 1.54) is 6.08 Å². The van der Waals surface area contributed by atoms with E-state index >= 15 is 0 Å². The Hall–Kier alpha value is -0.800. The van der Waals surface area contributed by atoms with Gasteiger partial charge in [-0.15, -0.1) is 0 Å². The largest absolute Gasteiger partial charge is 0.509 e. The summed E-state index contributed by atoms with van der Waals surface area (Å²) in [6, 6.07) is 0. The first-order chi connectivity index (χ1) is 5.56. The highest BCUT2D eigenvalue weighted by atomic mass is 16.3. The minimum atomic E-state index is -1.10. The van der Waals surface area contributed by atoms with Gasteiger partial charge >= 0.3 is 0 Å². The van der Waals surface area contributed by atoms with Gasteiger partial charge in [-0.25, -0.2) is 0 Å². The molecular weight excluding hydrogens is 154 g/mol. The number of allylic oxidation sites excluding steroid dienone is 2. The van der Waals surface area contributed by atoms with Crippen LogP contribution in [0, 0.1) is 0 Å². The van der Waals surface area contributed by atoms with Crippen LogP contribution < -0.4 is 5.73 Å². The van der Waals surface area contributed by atoms with Crippen molar-refractivity contribution in [2.24, 2.45) is 5.73 Å². The van der Waals surface area contributed by atoms with Gasteiger partial charge in [0.05, 0.1) is 0 Å². The second-order valence-corrected chi connectivity index (χ2v) is 3.37. The topological polar surface area (TPSA) is 66.5 Å². The van der Waals surface area contributed by atoms with Gasteiger partial charge in [0, 0.05) is 6.42 Å². The standard InChI is InChI=1S/C9H15NO2/c1-9(12)6-7(4-5-10)2-3-8(9)11/h2-3,11-12H,4-6,10H2,1H3. The van der Waals surface area contributed by atoms with Crippen LogP contribution in [0.25, 0.3) is 0 Å². The van der Waals surface area contributed by atoms with E-state index in [0.717, 1.165) is 12.0 Å². The quantitative estimate of drug-likeness (QED) is 0.574. The molecule has 0 saturated carbocycles. The highest BCUT2D eigenvalue weighted by molar-refractivity contribution is 5.27. The third-order valence-electron chi connectivity index (χ3n) is 2.07. The average molecular weight is 169 g/mol. The van der Waals surface area contributed by atoms with Crippen LogP contribution in [-0.2, 0) is 0 Å². The maximum absolute atomic E-state index is 9.64. The molecule has 0 aromatic heterocycles. The van der Waals surface area contributed by atoms with Crippen molar-refractivity contribution in [3.8, 4) is 0 Å². The van der Waals surface area contributed by atoms with Crippen LogP contribution in [0.2, 0.25) is 0 Å². The Morgan fingerprint density at radius 1 is 1.58 bits per heavy atom. The van der Waals surface area contributed by atoms with Crippen molar-refractivity contribution in [1.82, 2.24) is 0 Å². The molecule has 0 bridgehead atoms. The van der Waals surface area contributed by atoms with Gasteiger partial charge in [-0.2, -0.15) is 0 Å². The van der Waals surface area contributed by atoms with Crippen LogP contribution in [0.5, 0.6) is 0 Å². The molecule has 1 unspecified atom stereocenters. The molecule has 0 aromatic rings. The lowest BCUT2D eigenvalue weighted by Gasteiger charge is -2.26. The van der Waals surface area contributed by atoms with Crippen molar-refractivity contribution in [2.75, 3.05) is 6.54 Å². The molecule has 1 rings (SSSR count). The monoisotopic (exact) mass is 169 g/mol. The summed E-state index contributed by atoms with van der Waals surface area (Å²) in [5.74, 6) is 0.0308. The SMILES string of the molecule is CC1(O)CC(CCN)=CC=C1O. The zero-order valence-electron chi connectivity index (χ0n) is 7.25. The minimum Gasteiger partial charge on any atom is -0.509 e. The molecule has 0 spiro atoms. The third-order valence-corrected chi connectivity index (χ3v) is 2.07. The number of aliphatic hydroxyl groups is 2. The smallest absolute Gasteiger partial charge is 0.124 e. The summed E-state index contributed by atoms with van der Waals surface area (Å²) >= 11 is 0. The number of hydrogen-bond donors (Lipinski definition) is 3. The van der Waals surface area contributed by atoms with Crippen molar-refractivity contribution in [1.29, 1.82) is 0 Å². The van der Waals surface area contributed by atoms with Crippen LogP contribution >= 0.6 is 0 Å². The fraction of sp³-hybridized carbons (Fsp3) is 0.556. The van der Waals surface area contributed by atoms with E-state index < -0.39 is 5.60 Å². The Morgan fingerprint density at radius 3 is 2.75 bits per heavy atom. The van der Waals surface area contributed by atoms with Gasteiger partial charge in [-0.1, -0.05) is 11.6 Å². The molecule has 0 radical (unpaired) electrons. The van der Waals surface area contributed by atoms with Crippen molar-refractivity contribution in [3.63, 3.8) is 0 Å². The van der Waals surface area contributed by atoms with Gasteiger partial charge in [-0.05, 0) is 26.0 Å². The van der Waals surface area contributed by atoms with E-state index in [-0.39, 0.29) is 5.76 Å². The van der Waals surface area contributed by atoms with E-state index in [0.29, 0.717) is 13.0 Å². The van der Waals surface area contributed by atoms with Gasteiger partial charge < -0.3 is 15.9 Å². The Labute approximate surface area is 72.2 Å². The van der Waals surface area contributed by atoms with E-state index in [2.05, 4.69) is 0 Å². The molecule has 0 fully saturated rings. The molecule has 4 N–H and O–H groups in total. The molecule has 3 heteroatoms. The first kappa shape index (κ1) is 9.29. The highest BCUT2D eigenvalue weighted by Crippen LogP contribution is 2.28. The summed E-state index contributed by atoms with van der Waals surface area (Å²) in [6.07, 6.45) is 4.61. The Bertz CT molecular complexity index is 229. The maximum Gasteiger partial charge on any atom is 0.124 e. The van der Waals surface area contributed by atoms with Gasteiger partial charge in [0.15, 0.2) is 0 Å². The lowest BCUT2D eigenvalue weighted by Crippen LogP contribution is -2.29. The number of aliphatic hydroxyl groups excluding tert-OH is 1. The zero-order valence-corrected chi connectivity index (χ0v) is 7.25. The second kappa shape index (κ2) is 3.29. The lowest BCUT2D eigenvalue weighted by atomic mass is 9.88. The predicted molar refractivity (Wildman–Crippen MR) is 47.7 cm³/mol. The fourth-order valence-electron chi connectivity index (χ4n) is 1.33. The first-order valence-corrected chi connectivity index (χ1v) is 4.08. The average Bonchev–Trinajstić information content (AvgIpc) is 1.97. The zero-order chi connectivity index (χ0) is 9.19. The molecule has 0 amide bonds. The molecular formula is C9H15NO2. The van der Waals surface area contributed by atoms with Crippen LogP contribution in [0.4, 0.5) is 0 Å². The van der Waals surface area contributed by atoms with Gasteiger partial charge in [0.2, 0.25) is 0 Å². The molecule has 3 nitrogen and oxygen atoms in total. The van der Waals surface area contributed by atoms with Crippen LogP contribution in [0.15, 0.2) is 23.5 Å². The normalized spacial score (nSPS) is 29.6. The molecule has 12 heavy (non-hydrogen) atoms. The van der Waals surface area contributed by atoms with Crippen LogP contribution in [0.3, 0.4) is 0 Å². The summed E-state index contributed by atoms with van der Waals surface area (Å²) in [7, 11) is 0. The second-order valence-electron chi connectivity index (χ2n) is 3.37. The molecule has 1 aliphatic carbocycles. The molecule has 0 heterocycles. The maximum atomic E-state index is 9.64. The fourth-order valence-corrected chi connectivity index (χ4v) is 1.33. The summed E-state index contributed by atoms with van der Waals surface area (Å²) in [6.45, 7) is 2.18. The lowest BCUT2D eigenvalue weighted by molar-refractivity contribution is 0.0507. The Kier molecular flexibility index (Phi) is 2.55. The summed E-state index contributed by atoms with van der Waals surface area (Å²) < 4.78 is 0. The molecule has 0 aliphatic heterocycles. The number of rotatable bonds is 2. The van der Waals surface area contributed by atoms with Crippen molar-refractivity contribution < 1.29 is 10.2 Å². The molecule has 1 atom stereocenters. The Morgan fingerprint density at radius 2 is 2.25 bits per heavy atom. The van der Waals surface area contributed by atoms with Crippen molar-refractivity contribution >= 4 is 0 Å². The van der Waals surface area contributed by atoms with E-state index in [4.69, 9.17) is 5.73 Å². The van der Waals surface area contributed by atoms with Gasteiger partial charge in [0.1, 0.15) is 11.4 Å². The van der Waals surface area contributed by atoms with Crippen molar-refractivity contribution in [3.05, 3.63) is 23.5 Å². The third kappa shape index (κ3) is 1.87. The highest BCUT2D eigenvalue weighted by Gasteiger charge is 2.28. The molecule has 0 saturated heterocycles. The van der Waals surface area contributed by atoms with E-state index in [9.17, 15) is 10.2 Å². The van der Waals surface area contributed by atoms with Gasteiger partial charge in [-0.3, -0.25) is 0 Å². The van der Waals surface area contributed by atoms with Crippen molar-refractivity contribution in [2.45, 2.75) is 25.4 Å². The summed E-state index contributed by atoms with van der Waals surface area (Å²) in [5.41, 5.74) is 5.36. The van der Waals surface area contributed by atoms with Gasteiger partial charge in [0.25, 0.3) is 0 Å². The first-order valence-electron chi connectivity index (χ1n) is 4.08. The molecule has 1 aliphatic rings. The summed E-state index contributed by atoms with van der Waals surface area (Å²) in [4.78, 5) is 0. The predicted octanol–water partition coefficient (Wildman–Crippen LogP) is 0.858. The van der Waals surface area contributed by atoms with E-state index in [1.54, 1.807) is 6.92 Å². The number of hydrogen-bond acceptors (Lipinski definition) is 3. The molecule has 68 valence electrons. The molecule has 0 aromatic carbocycles. The van der Waals surface area contributed by atoms with E-state index in [1.807, 2.05) is 6.08 Å².